The summed E-state index contributed by atoms with van der Waals surface area (Å²) in [5, 5.41) is 2.48. The summed E-state index contributed by atoms with van der Waals surface area (Å²) < 4.78 is 5.31. The van der Waals surface area contributed by atoms with Crippen molar-refractivity contribution in [2.24, 2.45) is 11.8 Å². The highest BCUT2D eigenvalue weighted by molar-refractivity contribution is 9.11. The van der Waals surface area contributed by atoms with E-state index in [0.717, 1.165) is 22.9 Å². The van der Waals surface area contributed by atoms with E-state index in [9.17, 15) is 0 Å². The second-order valence-corrected chi connectivity index (χ2v) is 21.7. The van der Waals surface area contributed by atoms with Crippen molar-refractivity contribution in [2.45, 2.75) is 143 Å². The SMILES string of the molecule is CCCCCCC(CCCC)Cc1cc(-c2cc3c4nccnc4c4cc(-c5cc(CC(CCCC)CCCCCC)c(Br)s5)sc4c3s2)sc1Br. The summed E-state index contributed by atoms with van der Waals surface area (Å²) in [5.41, 5.74) is 5.02. The Morgan fingerprint density at radius 3 is 1.27 bits per heavy atom. The largest absolute Gasteiger partial charge is 0.252 e. The van der Waals surface area contributed by atoms with Gasteiger partial charge in [0.05, 0.1) is 28.0 Å². The summed E-state index contributed by atoms with van der Waals surface area (Å²) in [7, 11) is 0. The van der Waals surface area contributed by atoms with Crippen LogP contribution in [0.25, 0.3) is 50.7 Å². The van der Waals surface area contributed by atoms with Crippen molar-refractivity contribution in [2.75, 3.05) is 0 Å². The van der Waals surface area contributed by atoms with Crippen LogP contribution in [0.4, 0.5) is 0 Å². The third kappa shape index (κ3) is 9.98. The molecule has 8 heteroatoms. The summed E-state index contributed by atoms with van der Waals surface area (Å²) in [6, 6.07) is 9.76. The van der Waals surface area contributed by atoms with Crippen molar-refractivity contribution in [3.05, 3.63) is 55.4 Å². The smallest absolute Gasteiger partial charge is 0.0980 e. The second-order valence-electron chi connectivity index (χ2n) is 14.9. The van der Waals surface area contributed by atoms with Gasteiger partial charge in [0.2, 0.25) is 0 Å². The third-order valence-corrected chi connectivity index (χ3v) is 17.5. The Morgan fingerprint density at radius 2 is 0.865 bits per heavy atom. The van der Waals surface area contributed by atoms with Crippen molar-refractivity contribution in [1.82, 2.24) is 9.97 Å². The lowest BCUT2D eigenvalue weighted by Crippen LogP contribution is -2.05. The molecule has 0 amide bonds. The van der Waals surface area contributed by atoms with Gasteiger partial charge in [-0.2, -0.15) is 0 Å². The maximum absolute atomic E-state index is 4.93. The zero-order chi connectivity index (χ0) is 36.5. The van der Waals surface area contributed by atoms with E-state index >= 15 is 0 Å². The lowest BCUT2D eigenvalue weighted by molar-refractivity contribution is 0.410. The Hall–Kier alpha value is -1.16. The minimum absolute atomic E-state index is 0.771. The molecule has 5 heterocycles. The van der Waals surface area contributed by atoms with Crippen LogP contribution in [-0.4, -0.2) is 9.97 Å². The Balaban J connectivity index is 1.30. The lowest BCUT2D eigenvalue weighted by Gasteiger charge is -2.16. The molecule has 0 fully saturated rings. The minimum atomic E-state index is 0.771. The van der Waals surface area contributed by atoms with Gasteiger partial charge in [-0.3, -0.25) is 9.97 Å². The van der Waals surface area contributed by atoms with Crippen LogP contribution in [0.2, 0.25) is 0 Å². The highest BCUT2D eigenvalue weighted by Crippen LogP contribution is 2.50. The molecule has 0 spiro atoms. The van der Waals surface area contributed by atoms with E-state index in [-0.39, 0.29) is 0 Å². The van der Waals surface area contributed by atoms with Gasteiger partial charge < -0.3 is 0 Å². The number of benzene rings is 1. The molecule has 0 saturated carbocycles. The van der Waals surface area contributed by atoms with Crippen molar-refractivity contribution in [3.63, 3.8) is 0 Å². The molecule has 0 radical (unpaired) electrons. The van der Waals surface area contributed by atoms with E-state index in [1.165, 1.54) is 174 Å². The highest BCUT2D eigenvalue weighted by Gasteiger charge is 2.22. The van der Waals surface area contributed by atoms with Crippen molar-refractivity contribution < 1.29 is 0 Å². The molecule has 2 unspecified atom stereocenters. The molecule has 6 aromatic rings. The van der Waals surface area contributed by atoms with Crippen LogP contribution in [0.3, 0.4) is 0 Å². The van der Waals surface area contributed by atoms with Crippen LogP contribution in [0.1, 0.15) is 142 Å². The molecule has 6 rings (SSSR count). The van der Waals surface area contributed by atoms with E-state index in [1.54, 1.807) is 0 Å². The van der Waals surface area contributed by atoms with Gasteiger partial charge in [0, 0.05) is 42.7 Å². The van der Waals surface area contributed by atoms with E-state index < -0.39 is 0 Å². The van der Waals surface area contributed by atoms with Crippen LogP contribution in [0, 0.1) is 11.8 Å². The average Bonchev–Trinajstić information content (AvgIpc) is 3.95. The van der Waals surface area contributed by atoms with Crippen LogP contribution < -0.4 is 0 Å². The van der Waals surface area contributed by atoms with Gasteiger partial charge in [-0.15, -0.1) is 45.3 Å². The lowest BCUT2D eigenvalue weighted by atomic mass is 9.90. The molecule has 5 aromatic heterocycles. The number of hydrogen-bond donors (Lipinski definition) is 0. The molecule has 2 atom stereocenters. The van der Waals surface area contributed by atoms with Gasteiger partial charge in [-0.1, -0.05) is 130 Å². The highest BCUT2D eigenvalue weighted by atomic mass is 79.9. The Bertz CT molecular complexity index is 1870. The summed E-state index contributed by atoms with van der Waals surface area (Å²) in [6.45, 7) is 9.27. The number of unbranched alkanes of at least 4 members (excludes halogenated alkanes) is 8. The van der Waals surface area contributed by atoms with Crippen LogP contribution in [-0.2, 0) is 12.8 Å². The first kappa shape index (κ1) is 40.5. The fraction of sp³-hybridized carbons (Fsp3) is 0.545. The van der Waals surface area contributed by atoms with Crippen LogP contribution in [0.5, 0.6) is 0 Å². The molecule has 1 aromatic carbocycles. The van der Waals surface area contributed by atoms with Crippen LogP contribution >= 0.6 is 77.2 Å². The van der Waals surface area contributed by atoms with Gasteiger partial charge in [0.1, 0.15) is 0 Å². The number of hydrogen-bond acceptors (Lipinski definition) is 6. The first-order valence-electron chi connectivity index (χ1n) is 20.1. The summed E-state index contributed by atoms with van der Waals surface area (Å²) in [5.74, 6) is 1.54. The molecule has 0 N–H and O–H groups in total. The predicted octanol–water partition coefficient (Wildman–Crippen LogP) is 17.7. The number of rotatable bonds is 22. The number of fused-ring (bicyclic) bond motifs is 6. The molecule has 52 heavy (non-hydrogen) atoms. The monoisotopic (exact) mass is 898 g/mol. The fourth-order valence-corrected chi connectivity index (χ4v) is 13.9. The predicted molar refractivity (Wildman–Crippen MR) is 243 cm³/mol. The molecule has 0 aliphatic rings. The first-order valence-corrected chi connectivity index (χ1v) is 25.0. The number of thiophene rings is 4. The number of nitrogens with zero attached hydrogens (tertiary/aromatic N) is 2. The van der Waals surface area contributed by atoms with E-state index in [4.69, 9.17) is 9.97 Å². The van der Waals surface area contributed by atoms with Crippen molar-refractivity contribution in [1.29, 1.82) is 0 Å². The van der Waals surface area contributed by atoms with Crippen LogP contribution in [0.15, 0.2) is 44.2 Å². The molecule has 0 aliphatic heterocycles. The molecule has 0 aliphatic carbocycles. The topological polar surface area (TPSA) is 25.8 Å². The molecular weight excluding hydrogens is 845 g/mol. The molecular formula is C44H56Br2N2S4. The fourth-order valence-electron chi connectivity index (χ4n) is 7.80. The Kier molecular flexibility index (Phi) is 15.7. The zero-order valence-electron chi connectivity index (χ0n) is 31.6. The molecule has 0 saturated heterocycles. The summed E-state index contributed by atoms with van der Waals surface area (Å²) >= 11 is 15.7. The van der Waals surface area contributed by atoms with E-state index in [0.29, 0.717) is 0 Å². The molecule has 0 bridgehead atoms. The van der Waals surface area contributed by atoms with E-state index in [2.05, 4.69) is 83.8 Å². The summed E-state index contributed by atoms with van der Waals surface area (Å²) in [4.78, 5) is 15.3. The summed E-state index contributed by atoms with van der Waals surface area (Å²) in [6.07, 6.45) is 27.5. The normalized spacial score (nSPS) is 13.3. The van der Waals surface area contributed by atoms with Gasteiger partial charge in [0.15, 0.2) is 0 Å². The molecule has 280 valence electrons. The number of aromatic nitrogens is 2. The number of halogens is 2. The average molecular weight is 901 g/mol. The van der Waals surface area contributed by atoms with Gasteiger partial charge in [0.25, 0.3) is 0 Å². The quantitative estimate of drug-likeness (QED) is 0.0635. The zero-order valence-corrected chi connectivity index (χ0v) is 38.1. The maximum Gasteiger partial charge on any atom is 0.0980 e. The van der Waals surface area contributed by atoms with Gasteiger partial charge in [-0.05, 0) is 91.9 Å². The van der Waals surface area contributed by atoms with Gasteiger partial charge >= 0.3 is 0 Å². The Labute approximate surface area is 345 Å². The standard InChI is InChI=1S/C44H56Br2N2S4/c1-5-9-13-15-19-29(17-11-7-3)23-31-25-35(51-43(31)45)37-27-33-39-40(48-22-21-47-39)34-28-38(50-42(34)41(33)49-37)36-26-32(44(46)52-36)24-30(18-12-8-4)20-16-14-10-6-2/h21-22,25-30H,5-20,23-24H2,1-4H3. The minimum Gasteiger partial charge on any atom is -0.252 e. The molecule has 2 nitrogen and oxygen atoms in total. The van der Waals surface area contributed by atoms with E-state index in [1.807, 2.05) is 57.7 Å². The van der Waals surface area contributed by atoms with Gasteiger partial charge in [-0.25, -0.2) is 0 Å². The maximum atomic E-state index is 4.93. The first-order chi connectivity index (χ1) is 25.4. The van der Waals surface area contributed by atoms with Crippen molar-refractivity contribution >= 4 is 108 Å². The second kappa shape index (κ2) is 20.1. The van der Waals surface area contributed by atoms with Crippen molar-refractivity contribution in [3.8, 4) is 19.5 Å². The Morgan fingerprint density at radius 1 is 0.481 bits per heavy atom. The third-order valence-electron chi connectivity index (χ3n) is 10.8.